The first kappa shape index (κ1) is 12.2. The number of aryl methyl sites for hydroxylation is 1. The van der Waals surface area contributed by atoms with Gasteiger partial charge in [-0.25, -0.2) is 5.01 Å². The van der Waals surface area contributed by atoms with Gasteiger partial charge in [0.25, 0.3) is 0 Å². The summed E-state index contributed by atoms with van der Waals surface area (Å²) in [6.07, 6.45) is 5.58. The smallest absolute Gasteiger partial charge is 0.0655 e. The van der Waals surface area contributed by atoms with Gasteiger partial charge in [-0.1, -0.05) is 32.6 Å². The number of rotatable bonds is 1. The summed E-state index contributed by atoms with van der Waals surface area (Å²) in [5.74, 6) is 0. The van der Waals surface area contributed by atoms with Crippen LogP contribution in [0.4, 0.5) is 5.69 Å². The predicted molar refractivity (Wildman–Crippen MR) is 71.8 cm³/mol. The van der Waals surface area contributed by atoms with Crippen LogP contribution in [0.25, 0.3) is 0 Å². The van der Waals surface area contributed by atoms with Gasteiger partial charge in [-0.05, 0) is 36.8 Å². The van der Waals surface area contributed by atoms with Crippen LogP contribution in [0.3, 0.4) is 0 Å². The van der Waals surface area contributed by atoms with Crippen LogP contribution in [-0.4, -0.2) is 6.21 Å². The summed E-state index contributed by atoms with van der Waals surface area (Å²) in [7, 11) is 0. The predicted octanol–water partition coefficient (Wildman–Crippen LogP) is 3.90. The van der Waals surface area contributed by atoms with Crippen LogP contribution in [-0.2, 0) is 0 Å². The van der Waals surface area contributed by atoms with Gasteiger partial charge in [0.05, 0.1) is 11.4 Å². The number of benzene rings is 1. The van der Waals surface area contributed by atoms with E-state index in [1.807, 2.05) is 43.1 Å². The monoisotopic (exact) mass is 214 g/mol. The van der Waals surface area contributed by atoms with Gasteiger partial charge in [0.15, 0.2) is 0 Å². The number of hydrazone groups is 1. The van der Waals surface area contributed by atoms with Crippen LogP contribution in [0.5, 0.6) is 0 Å². The molecule has 0 atom stereocenters. The van der Waals surface area contributed by atoms with Gasteiger partial charge in [0.1, 0.15) is 0 Å². The van der Waals surface area contributed by atoms with Gasteiger partial charge < -0.3 is 0 Å². The summed E-state index contributed by atoms with van der Waals surface area (Å²) in [5.41, 5.74) is 3.16. The van der Waals surface area contributed by atoms with Crippen LogP contribution in [0, 0.1) is 6.92 Å². The topological polar surface area (TPSA) is 15.6 Å². The summed E-state index contributed by atoms with van der Waals surface area (Å²) in [5, 5.41) is 6.07. The van der Waals surface area contributed by atoms with E-state index >= 15 is 0 Å². The second kappa shape index (κ2) is 5.91. The van der Waals surface area contributed by atoms with E-state index in [-0.39, 0.29) is 0 Å². The van der Waals surface area contributed by atoms with Crippen molar-refractivity contribution in [2.24, 2.45) is 5.10 Å². The molecule has 0 radical (unpaired) electrons. The fourth-order valence-electron chi connectivity index (χ4n) is 1.40. The lowest BCUT2D eigenvalue weighted by Crippen LogP contribution is -2.15. The van der Waals surface area contributed by atoms with Crippen LogP contribution < -0.4 is 5.01 Å². The minimum Gasteiger partial charge on any atom is -0.234 e. The van der Waals surface area contributed by atoms with E-state index in [0.29, 0.717) is 0 Å². The minimum absolute atomic E-state index is 0.887. The van der Waals surface area contributed by atoms with Crippen molar-refractivity contribution in [1.29, 1.82) is 0 Å². The van der Waals surface area contributed by atoms with Crippen LogP contribution in [0.1, 0.15) is 19.4 Å². The van der Waals surface area contributed by atoms with Crippen LogP contribution in [0.15, 0.2) is 53.8 Å². The average Bonchev–Trinajstić information content (AvgIpc) is 2.32. The van der Waals surface area contributed by atoms with Gasteiger partial charge in [0, 0.05) is 6.21 Å². The van der Waals surface area contributed by atoms with E-state index in [2.05, 4.69) is 30.7 Å². The Morgan fingerprint density at radius 2 is 2.00 bits per heavy atom. The zero-order valence-electron chi connectivity index (χ0n) is 10.1. The first-order valence-electron chi connectivity index (χ1n) is 5.54. The summed E-state index contributed by atoms with van der Waals surface area (Å²) in [4.78, 5) is 0. The Kier molecular flexibility index (Phi) is 4.52. The second-order valence-corrected chi connectivity index (χ2v) is 3.27. The molecule has 1 aliphatic rings. The highest BCUT2D eigenvalue weighted by atomic mass is 15.5. The average molecular weight is 214 g/mol. The maximum absolute atomic E-state index is 4.24. The molecule has 2 heteroatoms. The molecule has 2 nitrogen and oxygen atoms in total. The number of allylic oxidation sites excluding steroid dienone is 2. The molecule has 0 saturated heterocycles. The van der Waals surface area contributed by atoms with Gasteiger partial charge in [0.2, 0.25) is 0 Å². The van der Waals surface area contributed by atoms with E-state index < -0.39 is 0 Å². The molecular formula is C14H18N2. The van der Waals surface area contributed by atoms with Gasteiger partial charge in [-0.2, -0.15) is 5.10 Å². The molecule has 0 N–H and O–H groups in total. The molecule has 0 fully saturated rings. The summed E-state index contributed by atoms with van der Waals surface area (Å²) in [6, 6.07) is 8.19. The Morgan fingerprint density at radius 3 is 2.62 bits per heavy atom. The van der Waals surface area contributed by atoms with E-state index in [0.717, 1.165) is 11.4 Å². The van der Waals surface area contributed by atoms with E-state index in [4.69, 9.17) is 0 Å². The third-order valence-corrected chi connectivity index (χ3v) is 2.08. The minimum atomic E-state index is 0.887. The molecule has 0 bridgehead atoms. The molecule has 0 saturated carbocycles. The van der Waals surface area contributed by atoms with Crippen molar-refractivity contribution in [3.8, 4) is 0 Å². The van der Waals surface area contributed by atoms with Gasteiger partial charge >= 0.3 is 0 Å². The molecule has 1 aromatic carbocycles. The molecule has 0 spiro atoms. The lowest BCUT2D eigenvalue weighted by molar-refractivity contribution is 1.03. The number of hydrogen-bond donors (Lipinski definition) is 0. The highest BCUT2D eigenvalue weighted by molar-refractivity contribution is 5.77. The lowest BCUT2D eigenvalue weighted by atomic mass is 10.2. The molecule has 0 amide bonds. The Bertz CT molecular complexity index is 416. The molecule has 1 aliphatic heterocycles. The standard InChI is InChI=1S/C12H12N2.C2H6/c1-10-5-3-7-12(9-10)14-11(2)6-4-8-13-14;1-2/h3-9H,2H2,1H3;1-2H3. The van der Waals surface area contributed by atoms with Crippen molar-refractivity contribution >= 4 is 11.9 Å². The third-order valence-electron chi connectivity index (χ3n) is 2.08. The summed E-state index contributed by atoms with van der Waals surface area (Å²) in [6.45, 7) is 9.99. The zero-order chi connectivity index (χ0) is 12.0. The highest BCUT2D eigenvalue weighted by Gasteiger charge is 2.07. The third kappa shape index (κ3) is 2.83. The maximum atomic E-state index is 4.24. The molecule has 0 aliphatic carbocycles. The van der Waals surface area contributed by atoms with Crippen molar-refractivity contribution in [3.63, 3.8) is 0 Å². The number of nitrogens with zero attached hydrogens (tertiary/aromatic N) is 2. The maximum Gasteiger partial charge on any atom is 0.0655 e. The van der Waals surface area contributed by atoms with Crippen molar-refractivity contribution < 1.29 is 0 Å². The van der Waals surface area contributed by atoms with Crippen molar-refractivity contribution in [2.75, 3.05) is 5.01 Å². The Hall–Kier alpha value is -1.83. The first-order chi connectivity index (χ1) is 7.77. The first-order valence-corrected chi connectivity index (χ1v) is 5.54. The quantitative estimate of drug-likeness (QED) is 0.692. The molecule has 16 heavy (non-hydrogen) atoms. The second-order valence-electron chi connectivity index (χ2n) is 3.27. The van der Waals surface area contributed by atoms with E-state index in [1.165, 1.54) is 5.56 Å². The van der Waals surface area contributed by atoms with Gasteiger partial charge in [-0.15, -0.1) is 0 Å². The van der Waals surface area contributed by atoms with Crippen LogP contribution >= 0.6 is 0 Å². The molecule has 0 unspecified atom stereocenters. The summed E-state index contributed by atoms with van der Waals surface area (Å²) >= 11 is 0. The fraction of sp³-hybridized carbons (Fsp3) is 0.214. The Morgan fingerprint density at radius 1 is 1.25 bits per heavy atom. The molecular weight excluding hydrogens is 196 g/mol. The van der Waals surface area contributed by atoms with Crippen molar-refractivity contribution in [2.45, 2.75) is 20.8 Å². The van der Waals surface area contributed by atoms with E-state index in [1.54, 1.807) is 6.21 Å². The number of anilines is 1. The summed E-state index contributed by atoms with van der Waals surface area (Å²) < 4.78 is 0. The SMILES string of the molecule is C=C1C=CC=NN1c1cccc(C)c1.CC. The normalized spacial score (nSPS) is 13.4. The Balaban J connectivity index is 0.000000606. The zero-order valence-corrected chi connectivity index (χ0v) is 10.1. The fourth-order valence-corrected chi connectivity index (χ4v) is 1.40. The highest BCUT2D eigenvalue weighted by Crippen LogP contribution is 2.21. The number of hydrogen-bond acceptors (Lipinski definition) is 2. The van der Waals surface area contributed by atoms with Crippen molar-refractivity contribution in [1.82, 2.24) is 0 Å². The molecule has 0 aromatic heterocycles. The molecule has 1 aromatic rings. The van der Waals surface area contributed by atoms with E-state index in [9.17, 15) is 0 Å². The largest absolute Gasteiger partial charge is 0.234 e. The van der Waals surface area contributed by atoms with Crippen molar-refractivity contribution in [3.05, 3.63) is 54.3 Å². The van der Waals surface area contributed by atoms with Gasteiger partial charge in [-0.3, -0.25) is 0 Å². The molecule has 2 rings (SSSR count). The van der Waals surface area contributed by atoms with Crippen LogP contribution in [0.2, 0.25) is 0 Å². The molecule has 84 valence electrons. The lowest BCUT2D eigenvalue weighted by Gasteiger charge is -2.21. The molecule has 1 heterocycles. The Labute approximate surface area is 97.6 Å².